The summed E-state index contributed by atoms with van der Waals surface area (Å²) in [5.74, 6) is 1.71. The van der Waals surface area contributed by atoms with Crippen molar-refractivity contribution in [2.75, 3.05) is 29.7 Å². The third-order valence-corrected chi connectivity index (χ3v) is 6.95. The normalized spacial score (nSPS) is 14.4. The molecular formula is C28H30ClN7O2. The highest BCUT2D eigenvalue weighted by atomic mass is 35.5. The SMILES string of the molecule is COCCn1ccnc1-c1ccccc1Nc1nc(Nc2ccc3c(c2)C(C)(C)CCC(=O)N3)ncc1Cl. The number of hydrogen-bond acceptors (Lipinski definition) is 7. The molecule has 0 atom stereocenters. The molecule has 10 heteroatoms. The predicted molar refractivity (Wildman–Crippen MR) is 150 cm³/mol. The Labute approximate surface area is 226 Å². The number of methoxy groups -OCH3 is 1. The van der Waals surface area contributed by atoms with Crippen LogP contribution >= 0.6 is 11.6 Å². The van der Waals surface area contributed by atoms with Crippen LogP contribution in [-0.2, 0) is 21.5 Å². The number of fused-ring (bicyclic) bond motifs is 1. The summed E-state index contributed by atoms with van der Waals surface area (Å²) < 4.78 is 7.28. The van der Waals surface area contributed by atoms with Crippen LogP contribution in [0.3, 0.4) is 0 Å². The number of nitrogens with zero attached hydrogens (tertiary/aromatic N) is 4. The van der Waals surface area contributed by atoms with Crippen molar-refractivity contribution < 1.29 is 9.53 Å². The van der Waals surface area contributed by atoms with Crippen LogP contribution in [0.2, 0.25) is 5.02 Å². The molecule has 3 N–H and O–H groups in total. The molecule has 3 heterocycles. The van der Waals surface area contributed by atoms with Crippen molar-refractivity contribution in [3.8, 4) is 11.4 Å². The van der Waals surface area contributed by atoms with E-state index in [2.05, 4.69) is 44.7 Å². The van der Waals surface area contributed by atoms with Gasteiger partial charge in [0.1, 0.15) is 10.8 Å². The van der Waals surface area contributed by atoms with Gasteiger partial charge in [-0.15, -0.1) is 0 Å². The van der Waals surface area contributed by atoms with Crippen molar-refractivity contribution in [2.24, 2.45) is 0 Å². The highest BCUT2D eigenvalue weighted by molar-refractivity contribution is 6.33. The lowest BCUT2D eigenvalue weighted by atomic mass is 9.80. The maximum Gasteiger partial charge on any atom is 0.229 e. The van der Waals surface area contributed by atoms with E-state index in [-0.39, 0.29) is 11.3 Å². The fraction of sp³-hybridized carbons (Fsp3) is 0.286. The molecule has 0 bridgehead atoms. The molecule has 0 aliphatic carbocycles. The molecule has 0 saturated carbocycles. The minimum atomic E-state index is -0.154. The van der Waals surface area contributed by atoms with Crippen molar-refractivity contribution in [3.63, 3.8) is 0 Å². The number of benzene rings is 2. The molecule has 2 aromatic carbocycles. The molecule has 5 rings (SSSR count). The monoisotopic (exact) mass is 531 g/mol. The van der Waals surface area contributed by atoms with Gasteiger partial charge in [-0.1, -0.05) is 37.6 Å². The van der Waals surface area contributed by atoms with Crippen LogP contribution in [0.1, 0.15) is 32.3 Å². The van der Waals surface area contributed by atoms with Gasteiger partial charge in [-0.2, -0.15) is 4.98 Å². The van der Waals surface area contributed by atoms with Crippen LogP contribution in [0.4, 0.5) is 28.8 Å². The van der Waals surface area contributed by atoms with Crippen molar-refractivity contribution >= 4 is 46.3 Å². The fourth-order valence-electron chi connectivity index (χ4n) is 4.55. The molecule has 38 heavy (non-hydrogen) atoms. The van der Waals surface area contributed by atoms with Gasteiger partial charge in [0, 0.05) is 49.4 Å². The van der Waals surface area contributed by atoms with Gasteiger partial charge in [0.2, 0.25) is 11.9 Å². The Hall–Kier alpha value is -3.95. The van der Waals surface area contributed by atoms with Gasteiger partial charge >= 0.3 is 0 Å². The third-order valence-electron chi connectivity index (χ3n) is 6.67. The second-order valence-electron chi connectivity index (χ2n) is 9.82. The van der Waals surface area contributed by atoms with Crippen LogP contribution < -0.4 is 16.0 Å². The molecule has 196 valence electrons. The van der Waals surface area contributed by atoms with Gasteiger partial charge in [0.15, 0.2) is 5.82 Å². The Balaban J connectivity index is 1.42. The Bertz CT molecular complexity index is 1470. The first-order valence-electron chi connectivity index (χ1n) is 12.4. The number of ether oxygens (including phenoxy) is 1. The maximum atomic E-state index is 12.1. The van der Waals surface area contributed by atoms with E-state index >= 15 is 0 Å². The molecular weight excluding hydrogens is 502 g/mol. The third kappa shape index (κ3) is 5.49. The number of anilines is 5. The number of carbonyl (C=O) groups is 1. The lowest BCUT2D eigenvalue weighted by molar-refractivity contribution is -0.116. The van der Waals surface area contributed by atoms with Gasteiger partial charge in [-0.05, 0) is 47.7 Å². The molecule has 1 amide bonds. The summed E-state index contributed by atoms with van der Waals surface area (Å²) in [6.07, 6.45) is 6.53. The lowest BCUT2D eigenvalue weighted by Crippen LogP contribution is -2.16. The summed E-state index contributed by atoms with van der Waals surface area (Å²) >= 11 is 6.50. The van der Waals surface area contributed by atoms with E-state index in [9.17, 15) is 4.79 Å². The first-order chi connectivity index (χ1) is 18.3. The first kappa shape index (κ1) is 25.7. The summed E-state index contributed by atoms with van der Waals surface area (Å²) in [4.78, 5) is 25.7. The van der Waals surface area contributed by atoms with Gasteiger partial charge in [-0.3, -0.25) is 4.79 Å². The zero-order chi connectivity index (χ0) is 26.7. The average molecular weight is 532 g/mol. The van der Waals surface area contributed by atoms with E-state index in [1.54, 1.807) is 19.5 Å². The quantitative estimate of drug-likeness (QED) is 0.251. The van der Waals surface area contributed by atoms with Crippen LogP contribution in [0, 0.1) is 0 Å². The fourth-order valence-corrected chi connectivity index (χ4v) is 4.68. The van der Waals surface area contributed by atoms with Gasteiger partial charge in [-0.25, -0.2) is 9.97 Å². The molecule has 0 radical (unpaired) electrons. The maximum absolute atomic E-state index is 12.1. The minimum Gasteiger partial charge on any atom is -0.383 e. The number of amides is 1. The minimum absolute atomic E-state index is 0.0377. The Kier molecular flexibility index (Phi) is 7.31. The number of para-hydroxylation sites is 1. The summed E-state index contributed by atoms with van der Waals surface area (Å²) in [5, 5.41) is 10.0. The Morgan fingerprint density at radius 1 is 1.16 bits per heavy atom. The molecule has 0 spiro atoms. The second-order valence-corrected chi connectivity index (χ2v) is 10.2. The van der Waals surface area contributed by atoms with Crippen molar-refractivity contribution in [1.82, 2.24) is 19.5 Å². The highest BCUT2D eigenvalue weighted by Gasteiger charge is 2.28. The van der Waals surface area contributed by atoms with E-state index < -0.39 is 0 Å². The predicted octanol–water partition coefficient (Wildman–Crippen LogP) is 6.14. The summed E-state index contributed by atoms with van der Waals surface area (Å²) in [5.41, 5.74) is 4.29. The smallest absolute Gasteiger partial charge is 0.229 e. The van der Waals surface area contributed by atoms with E-state index in [0.717, 1.165) is 40.4 Å². The molecule has 0 saturated heterocycles. The molecule has 4 aromatic rings. The van der Waals surface area contributed by atoms with E-state index in [4.69, 9.17) is 16.3 Å². The van der Waals surface area contributed by atoms with E-state index in [0.29, 0.717) is 36.4 Å². The number of aromatic nitrogens is 4. The van der Waals surface area contributed by atoms with Gasteiger partial charge in [0.05, 0.1) is 18.5 Å². The second kappa shape index (κ2) is 10.8. The molecule has 0 unspecified atom stereocenters. The van der Waals surface area contributed by atoms with Crippen LogP contribution in [-0.4, -0.2) is 39.1 Å². The standard InChI is InChI=1S/C28H30ClN7O2/c1-28(2)11-10-24(37)33-23-9-8-18(16-20(23)28)32-27-31-17-21(29)25(35-27)34-22-7-5-4-6-19(22)26-30-12-13-36(26)14-15-38-3/h4-9,12-13,16-17H,10-11,14-15H2,1-3H3,(H,33,37)(H2,31,32,34,35). The molecule has 1 aliphatic heterocycles. The average Bonchev–Trinajstić information content (AvgIpc) is 3.33. The Morgan fingerprint density at radius 3 is 2.84 bits per heavy atom. The largest absolute Gasteiger partial charge is 0.383 e. The molecule has 1 aliphatic rings. The zero-order valence-electron chi connectivity index (χ0n) is 21.6. The Morgan fingerprint density at radius 2 is 2.00 bits per heavy atom. The van der Waals surface area contributed by atoms with Gasteiger partial charge < -0.3 is 25.3 Å². The van der Waals surface area contributed by atoms with Crippen LogP contribution in [0.5, 0.6) is 0 Å². The van der Waals surface area contributed by atoms with Gasteiger partial charge in [0.25, 0.3) is 0 Å². The number of nitrogens with one attached hydrogen (secondary N) is 3. The number of halogens is 1. The molecule has 0 fully saturated rings. The van der Waals surface area contributed by atoms with Crippen LogP contribution in [0.25, 0.3) is 11.4 Å². The van der Waals surface area contributed by atoms with E-state index in [1.165, 1.54) is 0 Å². The molecule has 2 aromatic heterocycles. The number of carbonyl (C=O) groups excluding carboxylic acids is 1. The summed E-state index contributed by atoms with van der Waals surface area (Å²) in [6, 6.07) is 13.7. The number of hydrogen-bond donors (Lipinski definition) is 3. The topological polar surface area (TPSA) is 106 Å². The van der Waals surface area contributed by atoms with Crippen molar-refractivity contribution in [3.05, 3.63) is 71.6 Å². The zero-order valence-corrected chi connectivity index (χ0v) is 22.3. The van der Waals surface area contributed by atoms with Crippen LogP contribution in [0.15, 0.2) is 61.1 Å². The van der Waals surface area contributed by atoms with E-state index in [1.807, 2.05) is 53.2 Å². The first-order valence-corrected chi connectivity index (χ1v) is 12.8. The summed E-state index contributed by atoms with van der Waals surface area (Å²) in [6.45, 7) is 5.56. The molecule has 9 nitrogen and oxygen atoms in total. The number of rotatable bonds is 8. The summed E-state index contributed by atoms with van der Waals surface area (Å²) in [7, 11) is 1.68. The van der Waals surface area contributed by atoms with Crippen molar-refractivity contribution in [2.45, 2.75) is 38.6 Å². The highest BCUT2D eigenvalue weighted by Crippen LogP contribution is 2.38. The van der Waals surface area contributed by atoms with Crippen molar-refractivity contribution in [1.29, 1.82) is 0 Å². The lowest BCUT2D eigenvalue weighted by Gasteiger charge is -2.25. The number of imidazole rings is 1.